The maximum absolute atomic E-state index is 15.8. The van der Waals surface area contributed by atoms with Gasteiger partial charge in [0.1, 0.15) is 72.1 Å². The molecule has 3 heterocycles. The predicted molar refractivity (Wildman–Crippen MR) is 395 cm³/mol. The van der Waals surface area contributed by atoms with Gasteiger partial charge in [0.15, 0.2) is 0 Å². The minimum Gasteiger partial charge on any atom is -0.379 e. The van der Waals surface area contributed by atoms with Crippen LogP contribution in [0.2, 0.25) is 0 Å². The Balaban J connectivity index is 1.34. The highest BCUT2D eigenvalue weighted by Gasteiger charge is 2.60. The van der Waals surface area contributed by atoms with Crippen molar-refractivity contribution in [1.29, 1.82) is 0 Å². The molecule has 0 aromatic carbocycles. The van der Waals surface area contributed by atoms with E-state index in [1.54, 1.807) is 13.0 Å². The van der Waals surface area contributed by atoms with E-state index in [0.717, 1.165) is 45.3 Å². The van der Waals surface area contributed by atoms with Crippen LogP contribution in [0.1, 0.15) is 196 Å². The molecule has 0 radical (unpaired) electrons. The molecular formula is C78H125F5N12O13. The van der Waals surface area contributed by atoms with E-state index in [2.05, 4.69) is 22.9 Å². The third-order valence-electron chi connectivity index (χ3n) is 24.4. The fourth-order valence-electron chi connectivity index (χ4n) is 18.0. The highest BCUT2D eigenvalue weighted by molar-refractivity contribution is 6.01. The molecule has 12 amide bonds. The van der Waals surface area contributed by atoms with E-state index in [-0.39, 0.29) is 83.1 Å². The van der Waals surface area contributed by atoms with Crippen LogP contribution in [0, 0.1) is 46.8 Å². The number of amides is 12. The van der Waals surface area contributed by atoms with Crippen LogP contribution in [0.3, 0.4) is 0 Å². The Morgan fingerprint density at radius 1 is 0.657 bits per heavy atom. The van der Waals surface area contributed by atoms with Crippen LogP contribution >= 0.6 is 0 Å². The molecule has 12 atom stereocenters. The lowest BCUT2D eigenvalue weighted by atomic mass is 9.58. The summed E-state index contributed by atoms with van der Waals surface area (Å²) in [6, 6.07) is -10.7. The first-order valence-electron chi connectivity index (χ1n) is 39.6. The Labute approximate surface area is 635 Å². The van der Waals surface area contributed by atoms with E-state index in [4.69, 9.17) is 4.74 Å². The van der Waals surface area contributed by atoms with Crippen LogP contribution in [-0.2, 0) is 62.3 Å². The fraction of sp³-hybridized carbons (Fsp3) is 0.821. The molecule has 1 spiro atoms. The van der Waals surface area contributed by atoms with Crippen molar-refractivity contribution in [2.45, 2.75) is 269 Å². The van der Waals surface area contributed by atoms with Gasteiger partial charge in [-0.1, -0.05) is 112 Å². The summed E-state index contributed by atoms with van der Waals surface area (Å²) in [5.41, 5.74) is -2.24. The first-order chi connectivity index (χ1) is 50.7. The maximum atomic E-state index is 15.8. The first-order valence-corrected chi connectivity index (χ1v) is 39.6. The van der Waals surface area contributed by atoms with Crippen LogP contribution in [0.4, 0.5) is 22.0 Å². The number of nitrogens with zero attached hydrogens (tertiary/aromatic N) is 9. The molecule has 30 heteroatoms. The second-order valence-corrected chi connectivity index (χ2v) is 33.7. The predicted octanol–water partition coefficient (Wildman–Crippen LogP) is 6.84. The van der Waals surface area contributed by atoms with Crippen molar-refractivity contribution in [2.75, 3.05) is 95.8 Å². The minimum atomic E-state index is -5.17. The average Bonchev–Trinajstić information content (AvgIpc) is 1.69. The van der Waals surface area contributed by atoms with Crippen molar-refractivity contribution < 1.29 is 84.2 Å². The molecule has 0 aromatic heterocycles. The molecule has 2 saturated heterocycles. The molecule has 3 aliphatic heterocycles. The lowest BCUT2D eigenvalue weighted by molar-refractivity contribution is -0.219. The molecule has 4 aliphatic carbocycles. The second kappa shape index (κ2) is 38.3. The smallest absolute Gasteiger partial charge is 0.379 e. The topological polar surface area (TPSA) is 279 Å². The van der Waals surface area contributed by atoms with Gasteiger partial charge in [0.25, 0.3) is 0 Å². The number of carbonyl (C=O) groups is 12. The third-order valence-corrected chi connectivity index (χ3v) is 24.4. The highest BCUT2D eigenvalue weighted by atomic mass is 19.4. The summed E-state index contributed by atoms with van der Waals surface area (Å²) in [4.78, 5) is 194. The number of fused-ring (bicyclic) bond motifs is 3. The summed E-state index contributed by atoms with van der Waals surface area (Å²) < 4.78 is 79.1. The molecule has 7 aliphatic rings. The Bertz CT molecular complexity index is 3200. The quantitative estimate of drug-likeness (QED) is 0.0862. The summed E-state index contributed by atoms with van der Waals surface area (Å²) in [6.45, 7) is 11.8. The molecule has 4 saturated carbocycles. The van der Waals surface area contributed by atoms with Gasteiger partial charge in [-0.2, -0.15) is 13.2 Å². The SMILES string of the molecule is CCCOC[C@H]1C(=O)N[C@@H]([C@@H](C)CC)C(=O)N(C)CC(=O)N(C)[C@H]2C/C=C\CCN(C2=O)[C@@H](CC2CCC(C)CC2)C(=O)N(C)CC(=O)N[C@@H](CCC2CC(F)C(C(F)(F)F)C(F)C2)C(=O)N2C[C@H](CCC)C[C@H]2C(=O)NC2(CC(C)(C)C2)C(=O)N(C)[C@@H](C2CCCC2)C(=O)N(C)[C@H](C(=O)N(C)C)CC(=O)N1C. The Morgan fingerprint density at radius 2 is 1.29 bits per heavy atom. The van der Waals surface area contributed by atoms with E-state index in [0.29, 0.717) is 63.7 Å². The van der Waals surface area contributed by atoms with Gasteiger partial charge in [-0.3, -0.25) is 57.5 Å². The van der Waals surface area contributed by atoms with Crippen LogP contribution in [-0.4, -0.2) is 283 Å². The first kappa shape index (κ1) is 88.2. The van der Waals surface area contributed by atoms with Gasteiger partial charge in [-0.25, -0.2) is 8.78 Å². The molecule has 25 nitrogen and oxygen atoms in total. The lowest BCUT2D eigenvalue weighted by Gasteiger charge is -2.54. The van der Waals surface area contributed by atoms with Gasteiger partial charge in [-0.05, 0) is 131 Å². The number of hydrogen-bond donors (Lipinski definition) is 3. The van der Waals surface area contributed by atoms with Crippen molar-refractivity contribution in [1.82, 2.24) is 60.0 Å². The largest absolute Gasteiger partial charge is 0.397 e. The molecule has 108 heavy (non-hydrogen) atoms. The number of carbonyl (C=O) groups excluding carboxylic acids is 12. The molecule has 610 valence electrons. The minimum absolute atomic E-state index is 0.0106. The normalized spacial score (nSPS) is 32.3. The molecule has 3 N–H and O–H groups in total. The number of alkyl halides is 5. The number of likely N-dealkylation sites (N-methyl/N-ethyl adjacent to an activating group) is 7. The average molecular weight is 1530 g/mol. The Hall–Kier alpha value is -7.01. The summed E-state index contributed by atoms with van der Waals surface area (Å²) in [5, 5.41) is 8.70. The third kappa shape index (κ3) is 21.6. The number of hydrogen-bond acceptors (Lipinski definition) is 13. The van der Waals surface area contributed by atoms with Gasteiger partial charge >= 0.3 is 6.18 Å². The maximum Gasteiger partial charge on any atom is 0.397 e. The molecule has 7 rings (SSSR count). The van der Waals surface area contributed by atoms with E-state index >= 15 is 37.5 Å². The molecule has 2 unspecified atom stereocenters. The van der Waals surface area contributed by atoms with E-state index in [9.17, 15) is 41.9 Å². The number of rotatable bonds is 15. The van der Waals surface area contributed by atoms with Gasteiger partial charge < -0.3 is 64.8 Å². The Kier molecular flexibility index (Phi) is 31.3. The van der Waals surface area contributed by atoms with E-state index in [1.165, 1.54) is 80.9 Å². The second-order valence-electron chi connectivity index (χ2n) is 33.7. The van der Waals surface area contributed by atoms with Crippen molar-refractivity contribution >= 4 is 70.9 Å². The van der Waals surface area contributed by atoms with Crippen molar-refractivity contribution in [3.05, 3.63) is 12.2 Å². The molecular weight excluding hydrogens is 1410 g/mol. The van der Waals surface area contributed by atoms with Crippen LogP contribution < -0.4 is 16.0 Å². The van der Waals surface area contributed by atoms with Crippen molar-refractivity contribution in [2.24, 2.45) is 46.8 Å². The van der Waals surface area contributed by atoms with Gasteiger partial charge in [0, 0.05) is 76.1 Å². The van der Waals surface area contributed by atoms with Crippen LogP contribution in [0.25, 0.3) is 0 Å². The van der Waals surface area contributed by atoms with Crippen molar-refractivity contribution in [3.8, 4) is 0 Å². The zero-order chi connectivity index (χ0) is 80.2. The van der Waals surface area contributed by atoms with E-state index in [1.807, 2.05) is 40.7 Å². The number of ether oxygens (including phenoxy) is 1. The zero-order valence-electron chi connectivity index (χ0n) is 66.7. The van der Waals surface area contributed by atoms with Gasteiger partial charge in [0.05, 0.1) is 26.1 Å². The van der Waals surface area contributed by atoms with E-state index < -0.39 is 205 Å². The number of halogens is 5. The van der Waals surface area contributed by atoms with Crippen LogP contribution in [0.15, 0.2) is 12.2 Å². The summed E-state index contributed by atoms with van der Waals surface area (Å²) in [5.74, 6) is -13.4. The monoisotopic (exact) mass is 1530 g/mol. The molecule has 0 aromatic rings. The van der Waals surface area contributed by atoms with Gasteiger partial charge in [-0.15, -0.1) is 0 Å². The molecule has 2 bridgehead atoms. The fourth-order valence-corrected chi connectivity index (χ4v) is 18.0. The molecule has 6 fully saturated rings. The Morgan fingerprint density at radius 3 is 1.87 bits per heavy atom. The summed E-state index contributed by atoms with van der Waals surface area (Å²) in [7, 11) is 11.3. The lowest BCUT2D eigenvalue weighted by Crippen LogP contribution is -2.71. The highest BCUT2D eigenvalue weighted by Crippen LogP contribution is 2.50. The standard InChI is InChI=1S/C78H125F5N12O13/c1-16-24-51-39-57-68(100)86-77(45-76(6,7)46-77)75(107)93(15)66(52-25-21-22-26-52)74(106)92(14)58(70(102)87(8)9)40-62(97)91(13)60(44-108-35-17-2)67(99)85-65(48(5)18-3)73(105)89(11)43-63(98)90(12)56-27-20-19-23-34-94(72(56)104)59(38-49-30-28-47(4)29-31-49)71(103)88(10)42-61(96)84-55(69(101)95(57)41-51)33-32-50-36-53(79)64(54(80)37-50)78(81,82)83/h19-20,47-60,64-66H,16-18,21-46H2,1-15H3,(H,84,96)(H,85,99)(H,86,100)/b20-19-/t47?,48-,49?,50?,51+,53?,54?,55-,56-,57-,58-,59-,60-,64?,65-,66-/m0/s1. The van der Waals surface area contributed by atoms with Gasteiger partial charge in [0.2, 0.25) is 70.9 Å². The number of nitrogens with one attached hydrogen (secondary N) is 3. The van der Waals surface area contributed by atoms with Crippen molar-refractivity contribution in [3.63, 3.8) is 0 Å². The summed E-state index contributed by atoms with van der Waals surface area (Å²) >= 11 is 0. The summed E-state index contributed by atoms with van der Waals surface area (Å²) in [6.07, 6.45) is -1.09. The van der Waals surface area contributed by atoms with Crippen LogP contribution in [0.5, 0.6) is 0 Å². The zero-order valence-corrected chi connectivity index (χ0v) is 66.7.